The van der Waals surface area contributed by atoms with Gasteiger partial charge in [-0.2, -0.15) is 0 Å². The zero-order valence-electron chi connectivity index (χ0n) is 11.6. The number of hydrogen-bond donors (Lipinski definition) is 0. The van der Waals surface area contributed by atoms with Crippen LogP contribution in [0.2, 0.25) is 5.15 Å². The van der Waals surface area contributed by atoms with E-state index >= 15 is 0 Å². The smallest absolute Gasteiger partial charge is 0.254 e. The summed E-state index contributed by atoms with van der Waals surface area (Å²) in [5, 5.41) is 0.257. The Bertz CT molecular complexity index is 635. The second-order valence-electron chi connectivity index (χ2n) is 4.44. The first kappa shape index (κ1) is 14.6. The van der Waals surface area contributed by atoms with Crippen LogP contribution in [0.4, 0.5) is 0 Å². The Morgan fingerprint density at radius 2 is 2.00 bits per heavy atom. The van der Waals surface area contributed by atoms with Gasteiger partial charge in [0.2, 0.25) is 0 Å². The molecule has 0 amide bonds. The lowest BCUT2D eigenvalue weighted by atomic mass is 10.1. The molecule has 1 heterocycles. The van der Waals surface area contributed by atoms with Crippen molar-refractivity contribution in [2.45, 2.75) is 26.3 Å². The number of benzene rings is 1. The normalized spacial score (nSPS) is 10.6. The van der Waals surface area contributed by atoms with E-state index in [4.69, 9.17) is 16.3 Å². The summed E-state index contributed by atoms with van der Waals surface area (Å²) in [5.41, 5.74) is 1.05. The fraction of sp³-hybridized carbons (Fsp3) is 0.333. The van der Waals surface area contributed by atoms with Crippen LogP contribution in [0.1, 0.15) is 18.3 Å². The number of methoxy groups -OCH3 is 1. The molecule has 0 aliphatic heterocycles. The van der Waals surface area contributed by atoms with Gasteiger partial charge < -0.3 is 4.74 Å². The molecule has 2 rings (SSSR count). The van der Waals surface area contributed by atoms with E-state index in [9.17, 15) is 4.79 Å². The molecule has 0 saturated heterocycles. The van der Waals surface area contributed by atoms with Crippen molar-refractivity contribution in [3.63, 3.8) is 0 Å². The Morgan fingerprint density at radius 3 is 2.60 bits per heavy atom. The summed E-state index contributed by atoms with van der Waals surface area (Å²) in [4.78, 5) is 16.2. The summed E-state index contributed by atoms with van der Waals surface area (Å²) >= 11 is 5.81. The highest BCUT2D eigenvalue weighted by Crippen LogP contribution is 2.12. The topological polar surface area (TPSA) is 44.1 Å². The second kappa shape index (κ2) is 6.57. The fourth-order valence-corrected chi connectivity index (χ4v) is 2.26. The summed E-state index contributed by atoms with van der Waals surface area (Å²) in [6, 6.07) is 9.18. The molecule has 20 heavy (non-hydrogen) atoms. The Kier molecular flexibility index (Phi) is 4.79. The number of aryl methyl sites for hydroxylation is 2. The Hall–Kier alpha value is -1.81. The number of aromatic nitrogens is 2. The van der Waals surface area contributed by atoms with Gasteiger partial charge in [-0.25, -0.2) is 4.98 Å². The molecule has 5 heteroatoms. The van der Waals surface area contributed by atoms with Gasteiger partial charge in [-0.1, -0.05) is 30.7 Å². The third-order valence-electron chi connectivity index (χ3n) is 3.16. The lowest BCUT2D eigenvalue weighted by Gasteiger charge is -2.11. The van der Waals surface area contributed by atoms with Crippen LogP contribution in [0.5, 0.6) is 5.75 Å². The molecule has 0 atom stereocenters. The van der Waals surface area contributed by atoms with Crippen LogP contribution < -0.4 is 10.3 Å². The molecular formula is C15H17ClN2O2. The molecule has 0 fully saturated rings. The van der Waals surface area contributed by atoms with Gasteiger partial charge in [-0.05, 0) is 24.1 Å². The van der Waals surface area contributed by atoms with Crippen LogP contribution in [-0.4, -0.2) is 16.7 Å². The van der Waals surface area contributed by atoms with Crippen molar-refractivity contribution in [2.24, 2.45) is 0 Å². The SMILES string of the molecule is CCc1nc(Cl)cc(=O)n1CCc1ccc(OC)cc1. The summed E-state index contributed by atoms with van der Waals surface area (Å²) < 4.78 is 6.80. The van der Waals surface area contributed by atoms with Crippen molar-refractivity contribution >= 4 is 11.6 Å². The maximum atomic E-state index is 12.0. The van der Waals surface area contributed by atoms with E-state index in [-0.39, 0.29) is 10.7 Å². The average molecular weight is 293 g/mol. The van der Waals surface area contributed by atoms with E-state index in [1.54, 1.807) is 11.7 Å². The van der Waals surface area contributed by atoms with Crippen molar-refractivity contribution < 1.29 is 4.74 Å². The van der Waals surface area contributed by atoms with Gasteiger partial charge in [0.1, 0.15) is 16.7 Å². The number of hydrogen-bond acceptors (Lipinski definition) is 3. The monoisotopic (exact) mass is 292 g/mol. The minimum atomic E-state index is -0.102. The van der Waals surface area contributed by atoms with E-state index < -0.39 is 0 Å². The minimum absolute atomic E-state index is 0.102. The van der Waals surface area contributed by atoms with Gasteiger partial charge >= 0.3 is 0 Å². The molecule has 1 aromatic heterocycles. The van der Waals surface area contributed by atoms with E-state index in [0.29, 0.717) is 13.0 Å². The zero-order valence-corrected chi connectivity index (χ0v) is 12.4. The van der Waals surface area contributed by atoms with E-state index in [1.807, 2.05) is 31.2 Å². The second-order valence-corrected chi connectivity index (χ2v) is 4.82. The number of nitrogens with zero attached hydrogens (tertiary/aromatic N) is 2. The van der Waals surface area contributed by atoms with Crippen LogP contribution in [0, 0.1) is 0 Å². The van der Waals surface area contributed by atoms with Gasteiger partial charge in [0.25, 0.3) is 5.56 Å². The van der Waals surface area contributed by atoms with Crippen molar-refractivity contribution in [2.75, 3.05) is 7.11 Å². The lowest BCUT2D eigenvalue weighted by molar-refractivity contribution is 0.414. The van der Waals surface area contributed by atoms with Crippen molar-refractivity contribution in [1.29, 1.82) is 0 Å². The van der Waals surface area contributed by atoms with Gasteiger partial charge in [0.05, 0.1) is 7.11 Å². The molecule has 0 aliphatic rings. The van der Waals surface area contributed by atoms with Crippen LogP contribution >= 0.6 is 11.6 Å². The van der Waals surface area contributed by atoms with Gasteiger partial charge in [0.15, 0.2) is 0 Å². The number of ether oxygens (including phenoxy) is 1. The molecule has 4 nitrogen and oxygen atoms in total. The summed E-state index contributed by atoms with van der Waals surface area (Å²) in [5.74, 6) is 1.55. The first-order valence-corrected chi connectivity index (χ1v) is 6.91. The number of rotatable bonds is 5. The van der Waals surface area contributed by atoms with E-state index in [1.165, 1.54) is 6.07 Å². The molecule has 0 N–H and O–H groups in total. The Balaban J connectivity index is 2.16. The highest BCUT2D eigenvalue weighted by Gasteiger charge is 2.06. The molecule has 0 radical (unpaired) electrons. The average Bonchev–Trinajstić information content (AvgIpc) is 2.46. The lowest BCUT2D eigenvalue weighted by Crippen LogP contribution is -2.25. The third kappa shape index (κ3) is 3.39. The van der Waals surface area contributed by atoms with Crippen LogP contribution in [0.15, 0.2) is 35.1 Å². The molecule has 1 aromatic carbocycles. The third-order valence-corrected chi connectivity index (χ3v) is 3.35. The van der Waals surface area contributed by atoms with Crippen LogP contribution in [-0.2, 0) is 19.4 Å². The van der Waals surface area contributed by atoms with Gasteiger partial charge in [0, 0.05) is 19.0 Å². The van der Waals surface area contributed by atoms with Crippen molar-refractivity contribution in [3.8, 4) is 5.75 Å². The highest BCUT2D eigenvalue weighted by atomic mass is 35.5. The molecular weight excluding hydrogens is 276 g/mol. The minimum Gasteiger partial charge on any atom is -0.497 e. The quantitative estimate of drug-likeness (QED) is 0.796. The maximum Gasteiger partial charge on any atom is 0.254 e. The molecule has 0 saturated carbocycles. The fourth-order valence-electron chi connectivity index (χ4n) is 2.07. The standard InChI is InChI=1S/C15H17ClN2O2/c1-3-14-17-13(16)10-15(19)18(14)9-8-11-4-6-12(20-2)7-5-11/h4-7,10H,3,8-9H2,1-2H3. The number of halogens is 1. The van der Waals surface area contributed by atoms with Crippen LogP contribution in [0.25, 0.3) is 0 Å². The Labute approximate surface area is 123 Å². The first-order chi connectivity index (χ1) is 9.63. The summed E-state index contributed by atoms with van der Waals surface area (Å²) in [7, 11) is 1.64. The van der Waals surface area contributed by atoms with E-state index in [2.05, 4.69) is 4.98 Å². The predicted molar refractivity (Wildman–Crippen MR) is 79.6 cm³/mol. The maximum absolute atomic E-state index is 12.0. The molecule has 0 unspecified atom stereocenters. The molecule has 0 spiro atoms. The molecule has 2 aromatic rings. The van der Waals surface area contributed by atoms with Crippen molar-refractivity contribution in [3.05, 3.63) is 57.2 Å². The van der Waals surface area contributed by atoms with Crippen molar-refractivity contribution in [1.82, 2.24) is 9.55 Å². The van der Waals surface area contributed by atoms with Crippen LogP contribution in [0.3, 0.4) is 0 Å². The molecule has 106 valence electrons. The summed E-state index contributed by atoms with van der Waals surface area (Å²) in [6.07, 6.45) is 1.44. The van der Waals surface area contributed by atoms with Gasteiger partial charge in [-0.3, -0.25) is 9.36 Å². The van der Waals surface area contributed by atoms with Gasteiger partial charge in [-0.15, -0.1) is 0 Å². The predicted octanol–water partition coefficient (Wildman–Crippen LogP) is 2.71. The Morgan fingerprint density at radius 1 is 1.30 bits per heavy atom. The molecule has 0 bridgehead atoms. The summed E-state index contributed by atoms with van der Waals surface area (Å²) in [6.45, 7) is 2.56. The largest absolute Gasteiger partial charge is 0.497 e. The van der Waals surface area contributed by atoms with E-state index in [0.717, 1.165) is 23.6 Å². The zero-order chi connectivity index (χ0) is 14.5. The highest BCUT2D eigenvalue weighted by molar-refractivity contribution is 6.29. The first-order valence-electron chi connectivity index (χ1n) is 6.53. The molecule has 0 aliphatic carbocycles.